The number of aromatic nitrogens is 4. The van der Waals surface area contributed by atoms with Gasteiger partial charge in [0, 0.05) is 18.2 Å². The van der Waals surface area contributed by atoms with Crippen molar-refractivity contribution in [2.24, 2.45) is 17.8 Å². The topological polar surface area (TPSA) is 92.9 Å². The minimum atomic E-state index is -1.13. The predicted octanol–water partition coefficient (Wildman–Crippen LogP) is 6.32. The standard InChI is InChI=1S/C28H37N5O2/c1-4-19-11-13-20(14-12-19)16-33-23-24(29-18(3)21-8-6-9-21)30-26(28(34)35)31-25(23)32-27(33)22-10-5-7-17(2)15-22/h5,7,10,15,18-21H,4,6,8-9,11-14,16H2,1-3H3,(H,34,35)(H,29,30,31)/t18-,19-,20-/m1/s1. The van der Waals surface area contributed by atoms with E-state index in [9.17, 15) is 9.90 Å². The van der Waals surface area contributed by atoms with Gasteiger partial charge >= 0.3 is 5.97 Å². The number of hydrogen-bond acceptors (Lipinski definition) is 5. The fraction of sp³-hybridized carbons (Fsp3) is 0.571. The minimum absolute atomic E-state index is 0.204. The molecule has 3 aromatic rings. The predicted molar refractivity (Wildman–Crippen MR) is 139 cm³/mol. The van der Waals surface area contributed by atoms with Gasteiger partial charge < -0.3 is 15.0 Å². The van der Waals surface area contributed by atoms with Crippen LogP contribution in [0.4, 0.5) is 5.82 Å². The summed E-state index contributed by atoms with van der Waals surface area (Å²) in [6.07, 6.45) is 9.88. The quantitative estimate of drug-likeness (QED) is 0.396. The van der Waals surface area contributed by atoms with Crippen molar-refractivity contribution in [1.82, 2.24) is 19.5 Å². The molecule has 0 saturated heterocycles. The van der Waals surface area contributed by atoms with Gasteiger partial charge in [-0.15, -0.1) is 0 Å². The zero-order valence-corrected chi connectivity index (χ0v) is 21.1. The molecule has 1 aromatic carbocycles. The number of benzene rings is 1. The van der Waals surface area contributed by atoms with Crippen LogP contribution in [-0.4, -0.2) is 36.6 Å². The van der Waals surface area contributed by atoms with E-state index < -0.39 is 5.97 Å². The first-order valence-corrected chi connectivity index (χ1v) is 13.3. The molecule has 2 aliphatic carbocycles. The van der Waals surface area contributed by atoms with E-state index in [-0.39, 0.29) is 11.9 Å². The van der Waals surface area contributed by atoms with E-state index in [0.717, 1.165) is 29.4 Å². The lowest BCUT2D eigenvalue weighted by Gasteiger charge is -2.32. The van der Waals surface area contributed by atoms with Crippen molar-refractivity contribution in [2.45, 2.75) is 84.7 Å². The van der Waals surface area contributed by atoms with Crippen LogP contribution in [0.1, 0.15) is 81.4 Å². The third-order valence-corrected chi connectivity index (χ3v) is 8.28. The third kappa shape index (κ3) is 4.91. The molecule has 0 aliphatic heterocycles. The molecular weight excluding hydrogens is 438 g/mol. The van der Waals surface area contributed by atoms with Gasteiger partial charge in [0.15, 0.2) is 11.5 Å². The second kappa shape index (κ2) is 9.96. The monoisotopic (exact) mass is 475 g/mol. The Morgan fingerprint density at radius 3 is 2.49 bits per heavy atom. The molecule has 0 spiro atoms. The molecule has 0 bridgehead atoms. The summed E-state index contributed by atoms with van der Waals surface area (Å²) in [4.78, 5) is 25.7. The van der Waals surface area contributed by atoms with Gasteiger partial charge in [0.2, 0.25) is 5.82 Å². The number of anilines is 1. The van der Waals surface area contributed by atoms with E-state index >= 15 is 0 Å². The molecule has 5 rings (SSSR count). The lowest BCUT2D eigenvalue weighted by Crippen LogP contribution is -2.31. The molecule has 7 nitrogen and oxygen atoms in total. The van der Waals surface area contributed by atoms with E-state index in [0.29, 0.717) is 23.3 Å². The fourth-order valence-electron chi connectivity index (χ4n) is 5.77. The maximum atomic E-state index is 11.9. The van der Waals surface area contributed by atoms with Gasteiger partial charge in [-0.25, -0.2) is 19.7 Å². The SMILES string of the molecule is CC[C@H]1CC[C@H](Cn2c(-c3cccc(C)c3)nc3nc(C(=O)O)nc(N[C@H](C)C4CCC4)c32)CC1. The molecule has 35 heavy (non-hydrogen) atoms. The number of fused-ring (bicyclic) bond motifs is 1. The van der Waals surface area contributed by atoms with Crippen molar-refractivity contribution >= 4 is 23.0 Å². The van der Waals surface area contributed by atoms with Crippen LogP contribution in [0.2, 0.25) is 0 Å². The van der Waals surface area contributed by atoms with Crippen LogP contribution in [0.3, 0.4) is 0 Å². The van der Waals surface area contributed by atoms with Gasteiger partial charge in [-0.3, -0.25) is 0 Å². The molecule has 2 N–H and O–H groups in total. The van der Waals surface area contributed by atoms with Gasteiger partial charge in [0.05, 0.1) is 0 Å². The molecule has 7 heteroatoms. The summed E-state index contributed by atoms with van der Waals surface area (Å²) in [6.45, 7) is 7.39. The number of hydrogen-bond donors (Lipinski definition) is 2. The van der Waals surface area contributed by atoms with Crippen LogP contribution >= 0.6 is 0 Å². The number of carboxylic acid groups (broad SMARTS) is 1. The number of carbonyl (C=O) groups is 1. The van der Waals surface area contributed by atoms with Gasteiger partial charge in [0.25, 0.3) is 0 Å². The normalized spacial score (nSPS) is 21.6. The molecule has 0 radical (unpaired) electrons. The van der Waals surface area contributed by atoms with Crippen molar-refractivity contribution in [3.05, 3.63) is 35.7 Å². The smallest absolute Gasteiger partial charge is 0.374 e. The molecule has 2 heterocycles. The van der Waals surface area contributed by atoms with Crippen molar-refractivity contribution < 1.29 is 9.90 Å². The zero-order chi connectivity index (χ0) is 24.5. The number of carboxylic acids is 1. The molecule has 0 amide bonds. The van der Waals surface area contributed by atoms with Crippen molar-refractivity contribution in [3.63, 3.8) is 0 Å². The molecule has 2 aliphatic rings. The van der Waals surface area contributed by atoms with Crippen LogP contribution < -0.4 is 5.32 Å². The number of imidazole rings is 1. The first kappa shape index (κ1) is 23.8. The molecule has 186 valence electrons. The summed E-state index contributed by atoms with van der Waals surface area (Å²) < 4.78 is 2.27. The zero-order valence-electron chi connectivity index (χ0n) is 21.1. The van der Waals surface area contributed by atoms with Crippen LogP contribution in [0.5, 0.6) is 0 Å². The highest BCUT2D eigenvalue weighted by Crippen LogP contribution is 2.36. The highest BCUT2D eigenvalue weighted by Gasteiger charge is 2.29. The highest BCUT2D eigenvalue weighted by atomic mass is 16.4. The van der Waals surface area contributed by atoms with Gasteiger partial charge in [-0.05, 0) is 63.4 Å². The lowest BCUT2D eigenvalue weighted by atomic mass is 9.80. The molecule has 1 atom stereocenters. The maximum Gasteiger partial charge on any atom is 0.374 e. The van der Waals surface area contributed by atoms with Gasteiger partial charge in [-0.1, -0.05) is 56.4 Å². The molecule has 2 saturated carbocycles. The van der Waals surface area contributed by atoms with Crippen molar-refractivity contribution in [2.75, 3.05) is 5.32 Å². The van der Waals surface area contributed by atoms with Crippen molar-refractivity contribution in [1.29, 1.82) is 0 Å². The second-order valence-electron chi connectivity index (χ2n) is 10.7. The summed E-state index contributed by atoms with van der Waals surface area (Å²) in [5.41, 5.74) is 3.48. The summed E-state index contributed by atoms with van der Waals surface area (Å²) >= 11 is 0. The fourth-order valence-corrected chi connectivity index (χ4v) is 5.77. The van der Waals surface area contributed by atoms with Gasteiger partial charge in [-0.2, -0.15) is 0 Å². The number of nitrogens with zero attached hydrogens (tertiary/aromatic N) is 4. The Hall–Kier alpha value is -2.96. The van der Waals surface area contributed by atoms with Crippen LogP contribution in [-0.2, 0) is 6.54 Å². The molecule has 2 aromatic heterocycles. The number of aromatic carboxylic acids is 1. The van der Waals surface area contributed by atoms with E-state index in [2.05, 4.69) is 58.8 Å². The first-order valence-electron chi connectivity index (χ1n) is 13.3. The van der Waals surface area contributed by atoms with Crippen LogP contribution in [0.25, 0.3) is 22.6 Å². The Bertz CT molecular complexity index is 1210. The summed E-state index contributed by atoms with van der Waals surface area (Å²) in [5.74, 6) is 2.10. The average Bonchev–Trinajstić information content (AvgIpc) is 3.17. The molecule has 2 fully saturated rings. The van der Waals surface area contributed by atoms with E-state index in [1.807, 2.05) is 6.07 Å². The number of rotatable bonds is 8. The van der Waals surface area contributed by atoms with E-state index in [1.54, 1.807) is 0 Å². The highest BCUT2D eigenvalue weighted by molar-refractivity contribution is 5.92. The van der Waals surface area contributed by atoms with Gasteiger partial charge in [0.1, 0.15) is 11.3 Å². The largest absolute Gasteiger partial charge is 0.475 e. The van der Waals surface area contributed by atoms with Crippen LogP contribution in [0.15, 0.2) is 24.3 Å². The lowest BCUT2D eigenvalue weighted by molar-refractivity contribution is 0.0684. The Morgan fingerprint density at radius 2 is 1.86 bits per heavy atom. The number of aryl methyl sites for hydroxylation is 1. The Morgan fingerprint density at radius 1 is 1.11 bits per heavy atom. The van der Waals surface area contributed by atoms with Crippen molar-refractivity contribution in [3.8, 4) is 11.4 Å². The van der Waals surface area contributed by atoms with E-state index in [4.69, 9.17) is 4.98 Å². The summed E-state index contributed by atoms with van der Waals surface area (Å²) in [6, 6.07) is 8.56. The Kier molecular flexibility index (Phi) is 6.76. The summed E-state index contributed by atoms with van der Waals surface area (Å²) in [7, 11) is 0. The Labute approximate surface area is 207 Å². The average molecular weight is 476 g/mol. The Balaban J connectivity index is 1.62. The minimum Gasteiger partial charge on any atom is -0.475 e. The van der Waals surface area contributed by atoms with E-state index in [1.165, 1.54) is 56.9 Å². The second-order valence-corrected chi connectivity index (χ2v) is 10.7. The summed E-state index contributed by atoms with van der Waals surface area (Å²) in [5, 5.41) is 13.3. The third-order valence-electron chi connectivity index (χ3n) is 8.28. The number of nitrogens with one attached hydrogen (secondary N) is 1. The van der Waals surface area contributed by atoms with Crippen LogP contribution in [0, 0.1) is 24.7 Å². The molecular formula is C28H37N5O2. The first-order chi connectivity index (χ1) is 16.9. The maximum absolute atomic E-state index is 11.9. The molecule has 0 unspecified atom stereocenters.